The molecule has 0 aromatic carbocycles. The second kappa shape index (κ2) is 16.9. The summed E-state index contributed by atoms with van der Waals surface area (Å²) in [5, 5.41) is 19.6. The lowest BCUT2D eigenvalue weighted by molar-refractivity contribution is -0.143. The molecule has 0 amide bonds. The van der Waals surface area contributed by atoms with Gasteiger partial charge in [-0.15, -0.1) is 0 Å². The second-order valence-corrected chi connectivity index (χ2v) is 11.1. The van der Waals surface area contributed by atoms with E-state index in [1.807, 2.05) is 58.1 Å². The SMILES string of the molecule is CCC(=C/[C@H](C)C/C=C/C(C)=C/[C@@H](C)C(=O)[C@@H](C)[C@@H](O)[C@H](C)C/C(C)=C/C(=O)O)/C=C/[C@@H]1OC(=O)C=C[C@@H]1C. The molecular weight excluding hydrogens is 492 g/mol. The normalized spacial score (nSPS) is 23.0. The van der Waals surface area contributed by atoms with Crippen LogP contribution in [0.15, 0.2) is 71.4 Å². The van der Waals surface area contributed by atoms with Gasteiger partial charge in [0.1, 0.15) is 11.9 Å². The number of rotatable bonds is 15. The first-order valence-corrected chi connectivity index (χ1v) is 14.0. The quantitative estimate of drug-likeness (QED) is 0.135. The minimum Gasteiger partial charge on any atom is -0.478 e. The molecule has 2 N–H and O–H groups in total. The van der Waals surface area contributed by atoms with Crippen LogP contribution in [0.1, 0.15) is 74.7 Å². The molecule has 1 heterocycles. The Morgan fingerprint density at radius 2 is 1.77 bits per heavy atom. The van der Waals surface area contributed by atoms with E-state index >= 15 is 0 Å². The topological polar surface area (TPSA) is 101 Å². The van der Waals surface area contributed by atoms with Gasteiger partial charge >= 0.3 is 11.9 Å². The number of hydrogen-bond acceptors (Lipinski definition) is 5. The molecule has 1 aliphatic heterocycles. The molecule has 0 aliphatic carbocycles. The molecule has 1 rings (SSSR count). The highest BCUT2D eigenvalue weighted by molar-refractivity contribution is 5.85. The Balaban J connectivity index is 2.69. The first-order valence-electron chi connectivity index (χ1n) is 14.0. The molecule has 6 nitrogen and oxygen atoms in total. The average molecular weight is 541 g/mol. The van der Waals surface area contributed by atoms with Crippen molar-refractivity contribution in [1.82, 2.24) is 0 Å². The van der Waals surface area contributed by atoms with Gasteiger partial charge in [0.2, 0.25) is 0 Å². The minimum atomic E-state index is -1.01. The van der Waals surface area contributed by atoms with Crippen LogP contribution in [0.2, 0.25) is 0 Å². The molecule has 0 unspecified atom stereocenters. The van der Waals surface area contributed by atoms with Gasteiger partial charge < -0.3 is 14.9 Å². The average Bonchev–Trinajstić information content (AvgIpc) is 2.86. The van der Waals surface area contributed by atoms with Crippen molar-refractivity contribution in [2.24, 2.45) is 29.6 Å². The standard InChI is InChI=1S/C33H48O6/c1-9-28(14-15-29-24(5)13-16-31(36)39-29)19-22(3)12-10-11-21(2)17-25(6)32(37)27(8)33(38)26(7)18-23(4)20-30(34)35/h10-11,13-17,19-20,22,24-27,29,33,38H,9,12,18H2,1-8H3,(H,34,35)/b11-10+,15-14+,21-17+,23-20+,28-19-/t22-,24+,25-,26-,27-,29+,33+/m1/s1. The number of ether oxygens (including phenoxy) is 1. The summed E-state index contributed by atoms with van der Waals surface area (Å²) in [6, 6.07) is 0. The van der Waals surface area contributed by atoms with Crippen LogP contribution >= 0.6 is 0 Å². The predicted octanol–water partition coefficient (Wildman–Crippen LogP) is 6.78. The third-order valence-corrected chi connectivity index (χ3v) is 7.12. The van der Waals surface area contributed by atoms with Gasteiger partial charge in [-0.05, 0) is 51.0 Å². The van der Waals surface area contributed by atoms with Crippen LogP contribution in [0.3, 0.4) is 0 Å². The maximum Gasteiger partial charge on any atom is 0.331 e. The van der Waals surface area contributed by atoms with E-state index in [-0.39, 0.29) is 35.6 Å². The first-order chi connectivity index (χ1) is 18.2. The molecule has 1 aliphatic rings. The molecule has 0 aromatic heterocycles. The van der Waals surface area contributed by atoms with Gasteiger partial charge in [-0.1, -0.05) is 94.7 Å². The first kappa shape index (κ1) is 34.0. The Hall–Kier alpha value is -2.99. The number of allylic oxidation sites excluding steroid dienone is 8. The lowest BCUT2D eigenvalue weighted by atomic mass is 9.83. The van der Waals surface area contributed by atoms with E-state index in [0.29, 0.717) is 17.9 Å². The van der Waals surface area contributed by atoms with E-state index < -0.39 is 18.0 Å². The summed E-state index contributed by atoms with van der Waals surface area (Å²) in [5.74, 6) is -2.01. The molecule has 0 saturated carbocycles. The number of carbonyl (C=O) groups excluding carboxylic acids is 2. The molecule has 0 radical (unpaired) electrons. The van der Waals surface area contributed by atoms with E-state index in [0.717, 1.165) is 24.5 Å². The number of ketones is 1. The van der Waals surface area contributed by atoms with Crippen molar-refractivity contribution in [3.63, 3.8) is 0 Å². The van der Waals surface area contributed by atoms with Gasteiger partial charge in [0.25, 0.3) is 0 Å². The summed E-state index contributed by atoms with van der Waals surface area (Å²) in [6.45, 7) is 15.4. The predicted molar refractivity (Wildman–Crippen MR) is 157 cm³/mol. The largest absolute Gasteiger partial charge is 0.478 e. The number of carbonyl (C=O) groups is 3. The van der Waals surface area contributed by atoms with E-state index in [1.165, 1.54) is 11.6 Å². The number of hydrogen-bond donors (Lipinski definition) is 2. The fourth-order valence-electron chi connectivity index (χ4n) is 4.75. The Labute approximate surface area is 234 Å². The number of carboxylic acid groups (broad SMARTS) is 1. The zero-order chi connectivity index (χ0) is 29.7. The van der Waals surface area contributed by atoms with E-state index in [1.54, 1.807) is 13.8 Å². The van der Waals surface area contributed by atoms with Crippen LogP contribution in [0, 0.1) is 29.6 Å². The van der Waals surface area contributed by atoms with Gasteiger partial charge in [-0.2, -0.15) is 0 Å². The van der Waals surface area contributed by atoms with Crippen molar-refractivity contribution in [2.75, 3.05) is 0 Å². The maximum atomic E-state index is 13.0. The lowest BCUT2D eigenvalue weighted by Gasteiger charge is -2.25. The van der Waals surface area contributed by atoms with Crippen molar-refractivity contribution in [1.29, 1.82) is 0 Å². The molecule has 0 bridgehead atoms. The highest BCUT2D eigenvalue weighted by atomic mass is 16.5. The van der Waals surface area contributed by atoms with E-state index in [2.05, 4.69) is 26.0 Å². The molecule has 39 heavy (non-hydrogen) atoms. The minimum absolute atomic E-state index is 0.0360. The number of cyclic esters (lactones) is 1. The second-order valence-electron chi connectivity index (χ2n) is 11.1. The van der Waals surface area contributed by atoms with E-state index in [9.17, 15) is 19.5 Å². The summed E-state index contributed by atoms with van der Waals surface area (Å²) >= 11 is 0. The van der Waals surface area contributed by atoms with Crippen molar-refractivity contribution >= 4 is 17.7 Å². The van der Waals surface area contributed by atoms with Crippen molar-refractivity contribution in [3.8, 4) is 0 Å². The Morgan fingerprint density at radius 1 is 1.10 bits per heavy atom. The number of aliphatic carboxylic acids is 1. The molecule has 7 atom stereocenters. The van der Waals surface area contributed by atoms with Gasteiger partial charge in [0.15, 0.2) is 0 Å². The number of aliphatic hydroxyl groups excluding tert-OH is 1. The summed E-state index contributed by atoms with van der Waals surface area (Å²) in [4.78, 5) is 35.3. The third kappa shape index (κ3) is 12.6. The maximum absolute atomic E-state index is 13.0. The Morgan fingerprint density at radius 3 is 2.38 bits per heavy atom. The van der Waals surface area contributed by atoms with Crippen molar-refractivity contribution in [3.05, 3.63) is 71.4 Å². The highest BCUT2D eigenvalue weighted by Crippen LogP contribution is 2.24. The Bertz CT molecular complexity index is 1020. The van der Waals surface area contributed by atoms with Gasteiger partial charge in [0.05, 0.1) is 6.10 Å². The van der Waals surface area contributed by atoms with Gasteiger partial charge in [-0.25, -0.2) is 9.59 Å². The molecular formula is C33H48O6. The van der Waals surface area contributed by atoms with Crippen LogP contribution < -0.4 is 0 Å². The summed E-state index contributed by atoms with van der Waals surface area (Å²) in [5.41, 5.74) is 2.84. The van der Waals surface area contributed by atoms with Crippen LogP contribution in [-0.4, -0.2) is 40.1 Å². The molecule has 0 fully saturated rings. The smallest absolute Gasteiger partial charge is 0.331 e. The van der Waals surface area contributed by atoms with Crippen LogP contribution in [0.4, 0.5) is 0 Å². The summed E-state index contributed by atoms with van der Waals surface area (Å²) in [7, 11) is 0. The lowest BCUT2D eigenvalue weighted by Crippen LogP contribution is -2.34. The summed E-state index contributed by atoms with van der Waals surface area (Å²) < 4.78 is 5.39. The highest BCUT2D eigenvalue weighted by Gasteiger charge is 2.29. The molecule has 0 saturated heterocycles. The van der Waals surface area contributed by atoms with Crippen LogP contribution in [0.25, 0.3) is 0 Å². The molecule has 0 spiro atoms. The van der Waals surface area contributed by atoms with E-state index in [4.69, 9.17) is 9.84 Å². The molecule has 6 heteroatoms. The van der Waals surface area contributed by atoms with Gasteiger partial charge in [0, 0.05) is 29.9 Å². The number of Topliss-reactive ketones (excluding diaryl/α,β-unsaturated/α-hetero) is 1. The Kier molecular flexibility index (Phi) is 14.7. The number of aliphatic hydroxyl groups is 1. The monoisotopic (exact) mass is 540 g/mol. The zero-order valence-corrected chi connectivity index (χ0v) is 24.9. The fraction of sp³-hybridized carbons (Fsp3) is 0.545. The summed E-state index contributed by atoms with van der Waals surface area (Å²) in [6.07, 6.45) is 17.8. The van der Waals surface area contributed by atoms with Crippen LogP contribution in [0.5, 0.6) is 0 Å². The van der Waals surface area contributed by atoms with Crippen molar-refractivity contribution < 1.29 is 29.3 Å². The molecule has 0 aromatic rings. The number of esters is 1. The van der Waals surface area contributed by atoms with Crippen LogP contribution in [-0.2, 0) is 19.1 Å². The zero-order valence-electron chi connectivity index (χ0n) is 24.9. The fourth-order valence-corrected chi connectivity index (χ4v) is 4.75. The third-order valence-electron chi connectivity index (χ3n) is 7.12. The van der Waals surface area contributed by atoms with Gasteiger partial charge in [-0.3, -0.25) is 4.79 Å². The van der Waals surface area contributed by atoms with Crippen molar-refractivity contribution in [2.45, 2.75) is 86.9 Å². The molecule has 216 valence electrons. The number of carboxylic acids is 1.